The Morgan fingerprint density at radius 1 is 1.06 bits per heavy atom. The number of carbonyl (C=O) groups is 2. The molecule has 0 bridgehead atoms. The predicted octanol–water partition coefficient (Wildman–Crippen LogP) is 5.90. The van der Waals surface area contributed by atoms with Gasteiger partial charge in [0.05, 0.1) is 23.7 Å². The Bertz CT molecular complexity index is 2160. The molecule has 15 heteroatoms. The van der Waals surface area contributed by atoms with Crippen molar-refractivity contribution < 1.29 is 19.1 Å². The van der Waals surface area contributed by atoms with Gasteiger partial charge in [0.15, 0.2) is 5.13 Å². The SMILES string of the molecule is CCc1nc2ccc(-c3cnc(NC4CN(C(=O)C5CN(C(=O)O)C5C(C)(C)C)C4)nc3)cn2c1N(C)c1nc(-c2ccc(F)cc2)c(C#N)s1. The van der Waals surface area contributed by atoms with Gasteiger partial charge in [0.25, 0.3) is 0 Å². The second-order valence-electron chi connectivity index (χ2n) is 14.0. The van der Waals surface area contributed by atoms with Crippen molar-refractivity contribution in [3.63, 3.8) is 0 Å². The first kappa shape index (κ1) is 33.9. The Labute approximate surface area is 298 Å². The van der Waals surface area contributed by atoms with E-state index < -0.39 is 6.09 Å². The van der Waals surface area contributed by atoms with Crippen LogP contribution in [0.1, 0.15) is 38.3 Å². The van der Waals surface area contributed by atoms with Crippen LogP contribution in [0.3, 0.4) is 0 Å². The monoisotopic (exact) mass is 708 g/mol. The summed E-state index contributed by atoms with van der Waals surface area (Å²) in [6, 6.07) is 11.7. The van der Waals surface area contributed by atoms with Crippen LogP contribution in [0.25, 0.3) is 28.0 Å². The van der Waals surface area contributed by atoms with Crippen molar-refractivity contribution >= 4 is 45.9 Å². The Kier molecular flexibility index (Phi) is 8.58. The van der Waals surface area contributed by atoms with Gasteiger partial charge >= 0.3 is 6.09 Å². The van der Waals surface area contributed by atoms with Crippen LogP contribution in [-0.4, -0.2) is 90.0 Å². The molecular weight excluding hydrogens is 672 g/mol. The van der Waals surface area contributed by atoms with Crippen molar-refractivity contribution in [3.05, 3.63) is 71.4 Å². The number of thiazole rings is 1. The first-order valence-corrected chi connectivity index (χ1v) is 17.5. The van der Waals surface area contributed by atoms with Crippen molar-refractivity contribution in [2.45, 2.75) is 46.2 Å². The lowest BCUT2D eigenvalue weighted by Gasteiger charge is -2.54. The van der Waals surface area contributed by atoms with E-state index in [-0.39, 0.29) is 41.7 Å². The third kappa shape index (κ3) is 6.20. The Hall–Kier alpha value is -5.62. The average Bonchev–Trinajstić information content (AvgIpc) is 3.66. The first-order valence-electron chi connectivity index (χ1n) is 16.6. The van der Waals surface area contributed by atoms with Gasteiger partial charge in [-0.2, -0.15) is 5.26 Å². The Morgan fingerprint density at radius 2 is 1.75 bits per heavy atom. The highest BCUT2D eigenvalue weighted by Gasteiger charge is 2.53. The van der Waals surface area contributed by atoms with Crippen molar-refractivity contribution in [1.82, 2.24) is 34.1 Å². The number of hydrogen-bond donors (Lipinski definition) is 2. The van der Waals surface area contributed by atoms with E-state index in [1.54, 1.807) is 29.4 Å². The summed E-state index contributed by atoms with van der Waals surface area (Å²) >= 11 is 1.26. The molecule has 2 saturated heterocycles. The Morgan fingerprint density at radius 3 is 2.37 bits per heavy atom. The normalized spacial score (nSPS) is 17.5. The zero-order valence-corrected chi connectivity index (χ0v) is 29.6. The zero-order valence-electron chi connectivity index (χ0n) is 28.8. The summed E-state index contributed by atoms with van der Waals surface area (Å²) in [5.74, 6) is 0.560. The molecule has 0 radical (unpaired) electrons. The molecule has 0 saturated carbocycles. The molecule has 2 unspecified atom stereocenters. The summed E-state index contributed by atoms with van der Waals surface area (Å²) in [5.41, 5.74) is 4.12. The summed E-state index contributed by atoms with van der Waals surface area (Å²) in [7, 11) is 1.89. The maximum atomic E-state index is 13.6. The molecule has 262 valence electrons. The van der Waals surface area contributed by atoms with Gasteiger partial charge in [-0.05, 0) is 48.2 Å². The van der Waals surface area contributed by atoms with Crippen LogP contribution in [0.4, 0.5) is 26.1 Å². The standard InChI is InChI=1S/C36H37FN10O3S/c1-6-26-31(44(5)34-43-29(27(13-38)51-34)20-7-10-23(37)11-8-20)46-16-21(9-12-28(46)42-26)22-14-39-33(40-15-22)41-24-17-45(18-24)32(48)25-19-47(35(49)50)30(25)36(2,3)4/h7-12,14-16,24-25,30H,6,17-19H2,1-5H3,(H,49,50)(H,39,40,41). The van der Waals surface area contributed by atoms with Crippen molar-refractivity contribution in [1.29, 1.82) is 5.26 Å². The topological polar surface area (TPSA) is 156 Å². The molecule has 4 aromatic heterocycles. The van der Waals surface area contributed by atoms with E-state index in [1.807, 2.05) is 62.4 Å². The number of fused-ring (bicyclic) bond motifs is 1. The molecule has 0 aliphatic carbocycles. The van der Waals surface area contributed by atoms with Gasteiger partial charge in [-0.1, -0.05) is 39.0 Å². The van der Waals surface area contributed by atoms with Gasteiger partial charge in [0.1, 0.15) is 33.9 Å². The largest absolute Gasteiger partial charge is 0.465 e. The number of rotatable bonds is 8. The number of amides is 2. The number of carboxylic acid groups (broad SMARTS) is 1. The van der Waals surface area contributed by atoms with Gasteiger partial charge < -0.3 is 25.1 Å². The van der Waals surface area contributed by atoms with Crippen LogP contribution in [0.2, 0.25) is 0 Å². The average molecular weight is 709 g/mol. The molecule has 2 aliphatic rings. The van der Waals surface area contributed by atoms with Crippen molar-refractivity contribution in [2.75, 3.05) is 36.9 Å². The predicted molar refractivity (Wildman–Crippen MR) is 191 cm³/mol. The lowest BCUT2D eigenvalue weighted by molar-refractivity contribution is -0.153. The second kappa shape index (κ2) is 12.9. The molecule has 2 aliphatic heterocycles. The summed E-state index contributed by atoms with van der Waals surface area (Å²) in [4.78, 5) is 49.0. The summed E-state index contributed by atoms with van der Waals surface area (Å²) in [6.07, 6.45) is 5.15. The highest BCUT2D eigenvalue weighted by Crippen LogP contribution is 2.40. The number of imidazole rings is 1. The first-order chi connectivity index (χ1) is 24.4. The summed E-state index contributed by atoms with van der Waals surface area (Å²) in [5, 5.41) is 23.3. The van der Waals surface area contributed by atoms with E-state index in [4.69, 9.17) is 9.97 Å². The number of carbonyl (C=O) groups excluding carboxylic acids is 1. The number of nitrogens with one attached hydrogen (secondary N) is 1. The zero-order chi connectivity index (χ0) is 36.2. The van der Waals surface area contributed by atoms with E-state index in [2.05, 4.69) is 21.4 Å². The van der Waals surface area contributed by atoms with E-state index in [1.165, 1.54) is 28.4 Å². The number of pyridine rings is 1. The fourth-order valence-corrected chi connectivity index (χ4v) is 7.82. The molecule has 2 N–H and O–H groups in total. The number of benzene rings is 1. The molecule has 51 heavy (non-hydrogen) atoms. The Balaban J connectivity index is 1.05. The lowest BCUT2D eigenvalue weighted by Crippen LogP contribution is -2.70. The maximum Gasteiger partial charge on any atom is 0.407 e. The molecular formula is C36H37FN10O3S. The van der Waals surface area contributed by atoms with E-state index in [0.29, 0.717) is 46.7 Å². The molecule has 1 aromatic carbocycles. The lowest BCUT2D eigenvalue weighted by atomic mass is 9.71. The van der Waals surface area contributed by atoms with E-state index in [0.717, 1.165) is 28.3 Å². The minimum absolute atomic E-state index is 0.00705. The molecule has 13 nitrogen and oxygen atoms in total. The fourth-order valence-electron chi connectivity index (χ4n) is 6.97. The summed E-state index contributed by atoms with van der Waals surface area (Å²) < 4.78 is 15.6. The number of hydrogen-bond acceptors (Lipinski definition) is 10. The maximum absolute atomic E-state index is 13.6. The molecule has 7 rings (SSSR count). The van der Waals surface area contributed by atoms with Gasteiger partial charge in [-0.3, -0.25) is 9.20 Å². The highest BCUT2D eigenvalue weighted by molar-refractivity contribution is 7.16. The number of likely N-dealkylation sites (tertiary alicyclic amines) is 2. The number of aryl methyl sites for hydroxylation is 1. The van der Waals surface area contributed by atoms with Gasteiger partial charge in [-0.15, -0.1) is 0 Å². The van der Waals surface area contributed by atoms with Crippen LogP contribution < -0.4 is 10.2 Å². The second-order valence-corrected chi connectivity index (χ2v) is 14.9. The summed E-state index contributed by atoms with van der Waals surface area (Å²) in [6.45, 7) is 9.14. The molecule has 2 atom stereocenters. The number of nitriles is 1. The van der Waals surface area contributed by atoms with Crippen molar-refractivity contribution in [3.8, 4) is 28.5 Å². The van der Waals surface area contributed by atoms with Crippen LogP contribution >= 0.6 is 11.3 Å². The van der Waals surface area contributed by atoms with Crippen LogP contribution in [0.5, 0.6) is 0 Å². The number of aromatic nitrogens is 5. The third-order valence-electron chi connectivity index (χ3n) is 9.51. The van der Waals surface area contributed by atoms with Crippen LogP contribution in [0.15, 0.2) is 55.0 Å². The fraction of sp³-hybridized carbons (Fsp3) is 0.361. The van der Waals surface area contributed by atoms with E-state index in [9.17, 15) is 24.3 Å². The number of halogens is 1. The number of nitrogens with zero attached hydrogens (tertiary/aromatic N) is 9. The van der Waals surface area contributed by atoms with Gasteiger partial charge in [0.2, 0.25) is 11.9 Å². The number of anilines is 3. The highest BCUT2D eigenvalue weighted by atomic mass is 32.1. The van der Waals surface area contributed by atoms with Crippen molar-refractivity contribution in [2.24, 2.45) is 11.3 Å². The van der Waals surface area contributed by atoms with E-state index >= 15 is 0 Å². The smallest absolute Gasteiger partial charge is 0.407 e. The molecule has 0 spiro atoms. The molecule has 5 aromatic rings. The third-order valence-corrected chi connectivity index (χ3v) is 10.5. The molecule has 2 amide bonds. The molecule has 6 heterocycles. The van der Waals surface area contributed by atoms with Gasteiger partial charge in [-0.25, -0.2) is 29.1 Å². The minimum Gasteiger partial charge on any atom is -0.465 e. The quantitative estimate of drug-likeness (QED) is 0.199. The van der Waals surface area contributed by atoms with Gasteiger partial charge in [0, 0.05) is 62.0 Å². The minimum atomic E-state index is -0.991. The van der Waals surface area contributed by atoms with Crippen LogP contribution in [0, 0.1) is 28.5 Å². The van der Waals surface area contributed by atoms with Crippen LogP contribution in [-0.2, 0) is 11.2 Å². The molecule has 2 fully saturated rings.